The number of carbonyl (C=O) groups is 1. The molecule has 1 heterocycles. The van der Waals surface area contributed by atoms with Crippen LogP contribution in [0, 0.1) is 19.3 Å². The average molecular weight is 208 g/mol. The van der Waals surface area contributed by atoms with Crippen molar-refractivity contribution in [2.24, 2.45) is 0 Å². The van der Waals surface area contributed by atoms with E-state index in [0.29, 0.717) is 18.7 Å². The maximum atomic E-state index is 11.4. The zero-order chi connectivity index (χ0) is 10.4. The summed E-state index contributed by atoms with van der Waals surface area (Å²) in [4.78, 5) is 15.5. The standard InChI is InChI=1S/C10H12N2OS/c1-3-4-5-6-11-10(13)9-7-14-8(2)12-9/h1,7H,4-6H2,2H3,(H,11,13). The first-order valence-corrected chi connectivity index (χ1v) is 5.26. The van der Waals surface area contributed by atoms with Crippen molar-refractivity contribution >= 4 is 17.2 Å². The maximum Gasteiger partial charge on any atom is 0.270 e. The fourth-order valence-electron chi connectivity index (χ4n) is 0.951. The van der Waals surface area contributed by atoms with Crippen LogP contribution in [-0.2, 0) is 0 Å². The number of carbonyl (C=O) groups excluding carboxylic acids is 1. The molecule has 1 amide bonds. The predicted molar refractivity (Wildman–Crippen MR) is 57.3 cm³/mol. The molecule has 1 rings (SSSR count). The van der Waals surface area contributed by atoms with Gasteiger partial charge in [-0.05, 0) is 13.3 Å². The Bertz CT molecular complexity index is 351. The molecule has 3 nitrogen and oxygen atoms in total. The van der Waals surface area contributed by atoms with Gasteiger partial charge in [-0.25, -0.2) is 4.98 Å². The molecule has 0 spiro atoms. The highest BCUT2D eigenvalue weighted by Gasteiger charge is 2.07. The van der Waals surface area contributed by atoms with Crippen molar-refractivity contribution in [3.8, 4) is 12.3 Å². The molecule has 0 radical (unpaired) electrons. The summed E-state index contributed by atoms with van der Waals surface area (Å²) in [5.74, 6) is 2.40. The smallest absolute Gasteiger partial charge is 0.270 e. The van der Waals surface area contributed by atoms with Gasteiger partial charge in [0.2, 0.25) is 0 Å². The van der Waals surface area contributed by atoms with Crippen molar-refractivity contribution in [3.63, 3.8) is 0 Å². The van der Waals surface area contributed by atoms with Gasteiger partial charge >= 0.3 is 0 Å². The van der Waals surface area contributed by atoms with Crippen molar-refractivity contribution in [1.82, 2.24) is 10.3 Å². The van der Waals surface area contributed by atoms with Gasteiger partial charge in [-0.2, -0.15) is 0 Å². The molecule has 1 N–H and O–H groups in total. The zero-order valence-corrected chi connectivity index (χ0v) is 8.86. The third-order valence-electron chi connectivity index (χ3n) is 1.64. The third-order valence-corrected chi connectivity index (χ3v) is 2.41. The van der Waals surface area contributed by atoms with E-state index in [1.54, 1.807) is 5.38 Å². The van der Waals surface area contributed by atoms with Gasteiger partial charge in [0, 0.05) is 18.3 Å². The number of unbranched alkanes of at least 4 members (excludes halogenated alkanes) is 1. The molecule has 0 aliphatic carbocycles. The van der Waals surface area contributed by atoms with Gasteiger partial charge < -0.3 is 5.32 Å². The summed E-state index contributed by atoms with van der Waals surface area (Å²) in [5, 5.41) is 5.41. The van der Waals surface area contributed by atoms with Crippen LogP contribution >= 0.6 is 11.3 Å². The summed E-state index contributed by atoms with van der Waals surface area (Å²) >= 11 is 1.47. The van der Waals surface area contributed by atoms with Crippen molar-refractivity contribution in [2.75, 3.05) is 6.54 Å². The number of thiazole rings is 1. The van der Waals surface area contributed by atoms with Crippen LogP contribution < -0.4 is 5.32 Å². The number of nitrogens with one attached hydrogen (secondary N) is 1. The topological polar surface area (TPSA) is 42.0 Å². The number of aromatic nitrogens is 1. The first-order valence-electron chi connectivity index (χ1n) is 4.38. The second kappa shape index (κ2) is 5.40. The molecule has 0 aliphatic heterocycles. The number of nitrogens with zero attached hydrogens (tertiary/aromatic N) is 1. The molecule has 74 valence electrons. The monoisotopic (exact) mass is 208 g/mol. The number of hydrogen-bond acceptors (Lipinski definition) is 3. The Kier molecular flexibility index (Phi) is 4.14. The van der Waals surface area contributed by atoms with Gasteiger partial charge in [0.15, 0.2) is 0 Å². The molecule has 0 bridgehead atoms. The van der Waals surface area contributed by atoms with Crippen molar-refractivity contribution in [2.45, 2.75) is 19.8 Å². The van der Waals surface area contributed by atoms with Crippen LogP contribution in [0.5, 0.6) is 0 Å². The van der Waals surface area contributed by atoms with E-state index >= 15 is 0 Å². The minimum Gasteiger partial charge on any atom is -0.351 e. The van der Waals surface area contributed by atoms with Crippen LogP contribution in [0.4, 0.5) is 0 Å². The van der Waals surface area contributed by atoms with Crippen LogP contribution in [0.3, 0.4) is 0 Å². The highest BCUT2D eigenvalue weighted by molar-refractivity contribution is 7.09. The lowest BCUT2D eigenvalue weighted by molar-refractivity contribution is 0.0949. The van der Waals surface area contributed by atoms with Crippen LogP contribution in [0.1, 0.15) is 28.3 Å². The predicted octanol–water partition coefficient (Wildman–Crippen LogP) is 1.59. The normalized spacial score (nSPS) is 9.43. The Hall–Kier alpha value is -1.34. The average Bonchev–Trinajstić information content (AvgIpc) is 2.59. The highest BCUT2D eigenvalue weighted by Crippen LogP contribution is 2.07. The second-order valence-electron chi connectivity index (χ2n) is 2.82. The summed E-state index contributed by atoms with van der Waals surface area (Å²) in [7, 11) is 0. The minimum atomic E-state index is -0.119. The Morgan fingerprint density at radius 3 is 3.14 bits per heavy atom. The summed E-state index contributed by atoms with van der Waals surface area (Å²) in [6, 6.07) is 0. The van der Waals surface area contributed by atoms with E-state index in [1.165, 1.54) is 11.3 Å². The largest absolute Gasteiger partial charge is 0.351 e. The zero-order valence-electron chi connectivity index (χ0n) is 8.04. The van der Waals surface area contributed by atoms with E-state index < -0.39 is 0 Å². The van der Waals surface area contributed by atoms with Crippen LogP contribution in [0.15, 0.2) is 5.38 Å². The lowest BCUT2D eigenvalue weighted by atomic mass is 10.3. The highest BCUT2D eigenvalue weighted by atomic mass is 32.1. The van der Waals surface area contributed by atoms with Gasteiger partial charge in [-0.15, -0.1) is 23.7 Å². The number of aryl methyl sites for hydroxylation is 1. The fourth-order valence-corrected chi connectivity index (χ4v) is 1.54. The quantitative estimate of drug-likeness (QED) is 0.603. The van der Waals surface area contributed by atoms with Crippen LogP contribution in [-0.4, -0.2) is 17.4 Å². The summed E-state index contributed by atoms with van der Waals surface area (Å²) in [6.45, 7) is 2.49. The Morgan fingerprint density at radius 2 is 2.57 bits per heavy atom. The second-order valence-corrected chi connectivity index (χ2v) is 3.88. The minimum absolute atomic E-state index is 0.119. The van der Waals surface area contributed by atoms with Crippen LogP contribution in [0.25, 0.3) is 0 Å². The molecule has 0 aromatic carbocycles. The maximum absolute atomic E-state index is 11.4. The van der Waals surface area contributed by atoms with Crippen molar-refractivity contribution in [1.29, 1.82) is 0 Å². The molecule has 0 unspecified atom stereocenters. The van der Waals surface area contributed by atoms with E-state index in [0.717, 1.165) is 11.4 Å². The number of rotatable bonds is 4. The van der Waals surface area contributed by atoms with E-state index in [4.69, 9.17) is 6.42 Å². The van der Waals surface area contributed by atoms with E-state index in [-0.39, 0.29) is 5.91 Å². The number of amides is 1. The van der Waals surface area contributed by atoms with Crippen molar-refractivity contribution in [3.05, 3.63) is 16.1 Å². The molecular weight excluding hydrogens is 196 g/mol. The first kappa shape index (κ1) is 10.7. The van der Waals surface area contributed by atoms with E-state index in [9.17, 15) is 4.79 Å². The lowest BCUT2D eigenvalue weighted by Gasteiger charge is -1.99. The molecule has 1 aromatic heterocycles. The summed E-state index contributed by atoms with van der Waals surface area (Å²) < 4.78 is 0. The fraction of sp³-hybridized carbons (Fsp3) is 0.400. The van der Waals surface area contributed by atoms with E-state index in [1.807, 2.05) is 6.92 Å². The molecule has 0 saturated carbocycles. The van der Waals surface area contributed by atoms with Crippen LogP contribution in [0.2, 0.25) is 0 Å². The Morgan fingerprint density at radius 1 is 1.79 bits per heavy atom. The molecule has 0 aliphatic rings. The Balaban J connectivity index is 2.33. The van der Waals surface area contributed by atoms with E-state index in [2.05, 4.69) is 16.2 Å². The van der Waals surface area contributed by atoms with Gasteiger partial charge in [0.05, 0.1) is 5.01 Å². The third kappa shape index (κ3) is 3.19. The SMILES string of the molecule is C#CCCCNC(=O)c1csc(C)n1. The molecule has 14 heavy (non-hydrogen) atoms. The van der Waals surface area contributed by atoms with Gasteiger partial charge in [-0.1, -0.05) is 0 Å². The van der Waals surface area contributed by atoms with Gasteiger partial charge in [0.1, 0.15) is 5.69 Å². The number of terminal acetylenes is 1. The lowest BCUT2D eigenvalue weighted by Crippen LogP contribution is -2.24. The molecule has 0 atom stereocenters. The van der Waals surface area contributed by atoms with Crippen molar-refractivity contribution < 1.29 is 4.79 Å². The summed E-state index contributed by atoms with van der Waals surface area (Å²) in [5.41, 5.74) is 0.494. The van der Waals surface area contributed by atoms with Gasteiger partial charge in [-0.3, -0.25) is 4.79 Å². The van der Waals surface area contributed by atoms with Gasteiger partial charge in [0.25, 0.3) is 5.91 Å². The summed E-state index contributed by atoms with van der Waals surface area (Å²) in [6.07, 6.45) is 6.59. The first-order chi connectivity index (χ1) is 6.74. The molecule has 0 saturated heterocycles. The Labute approximate surface area is 87.6 Å². The molecule has 0 fully saturated rings. The molecule has 4 heteroatoms. The number of hydrogen-bond donors (Lipinski definition) is 1. The molecule has 1 aromatic rings. The molecular formula is C10H12N2OS.